The van der Waals surface area contributed by atoms with Crippen molar-refractivity contribution < 1.29 is 14.5 Å². The number of nitrogens with one attached hydrogen (secondary N) is 2. The summed E-state index contributed by atoms with van der Waals surface area (Å²) in [5.41, 5.74) is 0.707. The molecule has 0 spiro atoms. The minimum Gasteiger partial charge on any atom is -0.340 e. The molecule has 4 aliphatic carbocycles. The van der Waals surface area contributed by atoms with E-state index in [1.54, 1.807) is 0 Å². The monoisotopic (exact) mass is 419 g/mol. The third-order valence-corrected chi connectivity index (χ3v) is 7.96. The third-order valence-electron chi connectivity index (χ3n) is 7.08. The number of aromatic nitrogens is 1. The molecule has 0 atom stereocenters. The normalized spacial score (nSPS) is 30.0. The van der Waals surface area contributed by atoms with Crippen molar-refractivity contribution in [3.8, 4) is 0 Å². The molecule has 2 N–H and O–H groups in total. The molecule has 4 saturated carbocycles. The van der Waals surface area contributed by atoms with Crippen LogP contribution in [0.1, 0.15) is 50.6 Å². The van der Waals surface area contributed by atoms with Crippen LogP contribution in [0.5, 0.6) is 0 Å². The molecule has 2 amide bonds. The van der Waals surface area contributed by atoms with Crippen LogP contribution in [-0.4, -0.2) is 55.4 Å². The predicted octanol–water partition coefficient (Wildman–Crippen LogP) is 1.97. The van der Waals surface area contributed by atoms with Gasteiger partial charge in [0.25, 0.3) is 0 Å². The third kappa shape index (κ3) is 4.66. The smallest absolute Gasteiger partial charge is 0.245 e. The number of hydrogen-bond donors (Lipinski definition) is 2. The molecule has 1 aromatic heterocycles. The van der Waals surface area contributed by atoms with Crippen molar-refractivity contribution in [2.45, 2.75) is 51.9 Å². The molecule has 4 fully saturated rings. The molecule has 5 rings (SSSR count). The highest BCUT2D eigenvalue weighted by molar-refractivity contribution is 7.13. The van der Waals surface area contributed by atoms with E-state index in [0.29, 0.717) is 11.7 Å². The first-order valence-electron chi connectivity index (χ1n) is 11.1. The number of anilines is 1. The maximum absolute atomic E-state index is 13.8. The predicted molar refractivity (Wildman–Crippen MR) is 115 cm³/mol. The topological polar surface area (TPSA) is 66.7 Å². The van der Waals surface area contributed by atoms with Gasteiger partial charge >= 0.3 is 0 Å². The Bertz CT molecular complexity index is 724. The molecule has 160 valence electrons. The molecule has 1 aromatic rings. The fourth-order valence-corrected chi connectivity index (χ4v) is 7.03. The molecule has 1 heterocycles. The van der Waals surface area contributed by atoms with E-state index in [1.807, 2.05) is 17.2 Å². The Morgan fingerprint density at radius 1 is 1.21 bits per heavy atom. The lowest BCUT2D eigenvalue weighted by atomic mass is 9.49. The number of quaternary nitrogens is 1. The van der Waals surface area contributed by atoms with Crippen molar-refractivity contribution in [1.82, 2.24) is 9.88 Å². The van der Waals surface area contributed by atoms with Gasteiger partial charge in [0.15, 0.2) is 5.13 Å². The second-order valence-electron chi connectivity index (χ2n) is 10.1. The van der Waals surface area contributed by atoms with Crippen LogP contribution in [-0.2, 0) is 9.59 Å². The Morgan fingerprint density at radius 3 is 2.34 bits per heavy atom. The van der Waals surface area contributed by atoms with Gasteiger partial charge in [0.2, 0.25) is 11.8 Å². The van der Waals surface area contributed by atoms with Gasteiger partial charge in [-0.05, 0) is 63.2 Å². The van der Waals surface area contributed by atoms with Crippen molar-refractivity contribution in [2.24, 2.45) is 23.2 Å². The molecule has 4 aliphatic rings. The van der Waals surface area contributed by atoms with Crippen LogP contribution < -0.4 is 10.2 Å². The number of thiazole rings is 1. The first kappa shape index (κ1) is 20.8. The lowest BCUT2D eigenvalue weighted by molar-refractivity contribution is -0.858. The summed E-state index contributed by atoms with van der Waals surface area (Å²) >= 11 is 1.43. The Kier molecular flexibility index (Phi) is 5.98. The molecule has 0 radical (unpaired) electrons. The molecule has 0 aliphatic heterocycles. The maximum atomic E-state index is 13.8. The summed E-state index contributed by atoms with van der Waals surface area (Å²) in [5.74, 6) is 2.30. The molecule has 4 bridgehead atoms. The zero-order valence-electron chi connectivity index (χ0n) is 18.0. The minimum absolute atomic E-state index is 0.130. The average molecular weight is 420 g/mol. The second-order valence-corrected chi connectivity index (χ2v) is 10.9. The first-order chi connectivity index (χ1) is 13.8. The van der Waals surface area contributed by atoms with Gasteiger partial charge in [-0.2, -0.15) is 0 Å². The molecule has 0 saturated heterocycles. The van der Waals surface area contributed by atoms with E-state index in [4.69, 9.17) is 0 Å². The lowest BCUT2D eigenvalue weighted by Crippen LogP contribution is -3.05. The van der Waals surface area contributed by atoms with Crippen molar-refractivity contribution >= 4 is 28.3 Å². The molecule has 7 heteroatoms. The zero-order chi connectivity index (χ0) is 20.6. The van der Waals surface area contributed by atoms with Crippen LogP contribution in [0.3, 0.4) is 0 Å². The van der Waals surface area contributed by atoms with Crippen LogP contribution in [0.15, 0.2) is 5.38 Å². The Labute approximate surface area is 178 Å². The fraction of sp³-hybridized carbons (Fsp3) is 0.773. The van der Waals surface area contributed by atoms with Gasteiger partial charge in [-0.3, -0.25) is 9.59 Å². The number of carbonyl (C=O) groups excluding carboxylic acids is 2. The molecule has 29 heavy (non-hydrogen) atoms. The summed E-state index contributed by atoms with van der Waals surface area (Å²) in [6.45, 7) is 3.72. The van der Waals surface area contributed by atoms with Crippen LogP contribution in [0.4, 0.5) is 5.13 Å². The Hall–Kier alpha value is -1.47. The maximum Gasteiger partial charge on any atom is 0.245 e. The number of rotatable bonds is 8. The number of hydrogen-bond acceptors (Lipinski definition) is 4. The lowest BCUT2D eigenvalue weighted by Gasteiger charge is -2.56. The number of amides is 2. The highest BCUT2D eigenvalue weighted by Crippen LogP contribution is 2.60. The van der Waals surface area contributed by atoms with Crippen molar-refractivity contribution in [3.05, 3.63) is 11.1 Å². The molecule has 0 aromatic carbocycles. The van der Waals surface area contributed by atoms with Crippen LogP contribution in [0.25, 0.3) is 0 Å². The molecular formula is C22H35N4O2S+. The summed E-state index contributed by atoms with van der Waals surface area (Å²) in [5, 5.41) is 5.43. The van der Waals surface area contributed by atoms with Crippen molar-refractivity contribution in [2.75, 3.05) is 39.0 Å². The van der Waals surface area contributed by atoms with Gasteiger partial charge in [-0.25, -0.2) is 4.98 Å². The average Bonchev–Trinajstić information content (AvgIpc) is 3.03. The Balaban J connectivity index is 1.45. The van der Waals surface area contributed by atoms with Gasteiger partial charge in [0, 0.05) is 18.3 Å². The Morgan fingerprint density at radius 2 is 1.83 bits per heavy atom. The van der Waals surface area contributed by atoms with Gasteiger partial charge in [0.1, 0.15) is 0 Å². The molecular weight excluding hydrogens is 384 g/mol. The van der Waals surface area contributed by atoms with E-state index < -0.39 is 0 Å². The van der Waals surface area contributed by atoms with E-state index in [9.17, 15) is 9.59 Å². The number of aryl methyl sites for hydroxylation is 1. The number of nitrogens with zero attached hydrogens (tertiary/aromatic N) is 2. The summed E-state index contributed by atoms with van der Waals surface area (Å²) in [6.07, 6.45) is 8.01. The quantitative estimate of drug-likeness (QED) is 0.677. The van der Waals surface area contributed by atoms with Gasteiger partial charge < -0.3 is 15.1 Å². The summed E-state index contributed by atoms with van der Waals surface area (Å²) in [7, 11) is 4.26. The van der Waals surface area contributed by atoms with Gasteiger partial charge in [-0.1, -0.05) is 0 Å². The van der Waals surface area contributed by atoms with Gasteiger partial charge in [-0.15, -0.1) is 11.3 Å². The largest absolute Gasteiger partial charge is 0.340 e. The fourth-order valence-electron chi connectivity index (χ4n) is 6.33. The van der Waals surface area contributed by atoms with Crippen molar-refractivity contribution in [1.29, 1.82) is 0 Å². The summed E-state index contributed by atoms with van der Waals surface area (Å²) < 4.78 is 0. The summed E-state index contributed by atoms with van der Waals surface area (Å²) in [6, 6.07) is 0. The van der Waals surface area contributed by atoms with E-state index in [2.05, 4.69) is 24.4 Å². The molecule has 0 unspecified atom stereocenters. The van der Waals surface area contributed by atoms with Crippen LogP contribution >= 0.6 is 11.3 Å². The minimum atomic E-state index is -0.197. The van der Waals surface area contributed by atoms with E-state index in [-0.39, 0.29) is 23.8 Å². The first-order valence-corrected chi connectivity index (χ1v) is 12.0. The van der Waals surface area contributed by atoms with Crippen molar-refractivity contribution in [3.63, 3.8) is 0 Å². The van der Waals surface area contributed by atoms with E-state index in [0.717, 1.165) is 55.7 Å². The number of carbonyl (C=O) groups is 2. The van der Waals surface area contributed by atoms with Gasteiger partial charge in [0.05, 0.1) is 38.3 Å². The standard InChI is InChI=1S/C22H34N4O2S/c1-15-14-29-21(23-15)24-19(27)13-26(6-4-5-25(2)3)20(28)22-10-16-7-17(11-22)9-18(8-16)12-22/h14,16-18H,4-13H2,1-3H3,(H,23,24,27)/p+1. The van der Waals surface area contributed by atoms with E-state index in [1.165, 1.54) is 35.5 Å². The SMILES string of the molecule is Cc1csc(NC(=O)CN(CCC[NH+](C)C)C(=O)C23CC4CC(CC(C4)C2)C3)n1. The summed E-state index contributed by atoms with van der Waals surface area (Å²) in [4.78, 5) is 34.1. The van der Waals surface area contributed by atoms with E-state index >= 15 is 0 Å². The zero-order valence-corrected chi connectivity index (χ0v) is 18.8. The second kappa shape index (κ2) is 8.34. The van der Waals surface area contributed by atoms with Crippen LogP contribution in [0, 0.1) is 30.1 Å². The highest BCUT2D eigenvalue weighted by atomic mass is 32.1. The molecule has 6 nitrogen and oxygen atoms in total. The highest BCUT2D eigenvalue weighted by Gasteiger charge is 2.55. The van der Waals surface area contributed by atoms with Crippen LogP contribution in [0.2, 0.25) is 0 Å².